The van der Waals surface area contributed by atoms with Gasteiger partial charge in [-0.3, -0.25) is 4.79 Å². The quantitative estimate of drug-likeness (QED) is 0.900. The summed E-state index contributed by atoms with van der Waals surface area (Å²) in [7, 11) is 0. The average molecular weight is 340 g/mol. The molecule has 1 aromatic carbocycles. The highest BCUT2D eigenvalue weighted by Gasteiger charge is 2.29. The van der Waals surface area contributed by atoms with Crippen LogP contribution in [-0.4, -0.2) is 47.0 Å². The first-order valence-corrected chi connectivity index (χ1v) is 9.72. The van der Waals surface area contributed by atoms with E-state index >= 15 is 0 Å². The van der Waals surface area contributed by atoms with Crippen LogP contribution in [0.1, 0.15) is 37.9 Å². The van der Waals surface area contributed by atoms with Crippen molar-refractivity contribution in [1.29, 1.82) is 0 Å². The average Bonchev–Trinajstić information content (AvgIpc) is 3.10. The van der Waals surface area contributed by atoms with Gasteiger partial charge in [0.05, 0.1) is 11.0 Å². The number of para-hydroxylation sites is 2. The molecule has 2 aliphatic rings. The van der Waals surface area contributed by atoms with Crippen LogP contribution in [0.5, 0.6) is 0 Å². The molecular formula is C20H28N4O. The van der Waals surface area contributed by atoms with Gasteiger partial charge in [-0.25, -0.2) is 4.98 Å². The SMILES string of the molecule is O=C(CCc1nc2ccccc2[nH]1)N1CCC(C2CCNCC2)CC1. The highest BCUT2D eigenvalue weighted by atomic mass is 16.2. The van der Waals surface area contributed by atoms with E-state index in [2.05, 4.69) is 20.2 Å². The largest absolute Gasteiger partial charge is 0.343 e. The molecule has 5 nitrogen and oxygen atoms in total. The molecule has 0 spiro atoms. The van der Waals surface area contributed by atoms with Gasteiger partial charge in [-0.05, 0) is 62.7 Å². The number of fused-ring (bicyclic) bond motifs is 1. The maximum atomic E-state index is 12.5. The van der Waals surface area contributed by atoms with Crippen LogP contribution in [0.25, 0.3) is 11.0 Å². The number of benzene rings is 1. The Bertz CT molecular complexity index is 678. The number of likely N-dealkylation sites (tertiary alicyclic amines) is 1. The van der Waals surface area contributed by atoms with E-state index in [0.717, 1.165) is 41.8 Å². The third kappa shape index (κ3) is 3.87. The fourth-order valence-corrected chi connectivity index (χ4v) is 4.44. The number of hydrogen-bond donors (Lipinski definition) is 2. The Morgan fingerprint density at radius 3 is 2.56 bits per heavy atom. The molecule has 1 aromatic heterocycles. The first-order chi connectivity index (χ1) is 12.3. The summed E-state index contributed by atoms with van der Waals surface area (Å²) in [5.74, 6) is 2.89. The Hall–Kier alpha value is -1.88. The number of nitrogens with one attached hydrogen (secondary N) is 2. The molecule has 1 amide bonds. The van der Waals surface area contributed by atoms with Crippen molar-refractivity contribution in [3.63, 3.8) is 0 Å². The lowest BCUT2D eigenvalue weighted by Gasteiger charge is -2.37. The monoisotopic (exact) mass is 340 g/mol. The van der Waals surface area contributed by atoms with Crippen LogP contribution in [0.15, 0.2) is 24.3 Å². The summed E-state index contributed by atoms with van der Waals surface area (Å²) in [5, 5.41) is 3.45. The predicted octanol–water partition coefficient (Wildman–Crippen LogP) is 2.73. The minimum absolute atomic E-state index is 0.282. The van der Waals surface area contributed by atoms with Crippen molar-refractivity contribution in [2.24, 2.45) is 11.8 Å². The van der Waals surface area contributed by atoms with Crippen molar-refractivity contribution >= 4 is 16.9 Å². The molecule has 0 aliphatic carbocycles. The number of hydrogen-bond acceptors (Lipinski definition) is 3. The second-order valence-corrected chi connectivity index (χ2v) is 7.51. The van der Waals surface area contributed by atoms with Gasteiger partial charge < -0.3 is 15.2 Å². The van der Waals surface area contributed by atoms with Gasteiger partial charge >= 0.3 is 0 Å². The number of rotatable bonds is 4. The van der Waals surface area contributed by atoms with Crippen LogP contribution in [0.3, 0.4) is 0 Å². The van der Waals surface area contributed by atoms with Gasteiger partial charge in [-0.1, -0.05) is 12.1 Å². The minimum atomic E-state index is 0.282. The fraction of sp³-hybridized carbons (Fsp3) is 0.600. The third-order valence-corrected chi connectivity index (χ3v) is 5.96. The molecule has 0 unspecified atom stereocenters. The van der Waals surface area contributed by atoms with Crippen LogP contribution >= 0.6 is 0 Å². The summed E-state index contributed by atoms with van der Waals surface area (Å²) < 4.78 is 0. The van der Waals surface area contributed by atoms with Crippen molar-refractivity contribution in [1.82, 2.24) is 20.2 Å². The molecule has 0 radical (unpaired) electrons. The number of carbonyl (C=O) groups excluding carboxylic acids is 1. The highest BCUT2D eigenvalue weighted by Crippen LogP contribution is 2.30. The van der Waals surface area contributed by atoms with Crippen LogP contribution in [0.4, 0.5) is 0 Å². The summed E-state index contributed by atoms with van der Waals surface area (Å²) in [5.41, 5.74) is 2.03. The van der Waals surface area contributed by atoms with Gasteiger partial charge in [0.1, 0.15) is 5.82 Å². The summed E-state index contributed by atoms with van der Waals surface area (Å²) in [6.07, 6.45) is 6.23. The standard InChI is InChI=1S/C20H28N4O/c25-20(6-5-19-22-17-3-1-2-4-18(17)23-19)24-13-9-16(10-14-24)15-7-11-21-12-8-15/h1-4,15-16,21H,5-14H2,(H,22,23). The number of aromatic amines is 1. The number of piperidine rings is 2. The zero-order chi connectivity index (χ0) is 17.1. The van der Waals surface area contributed by atoms with Crippen LogP contribution in [0, 0.1) is 11.8 Å². The van der Waals surface area contributed by atoms with Gasteiger partial charge in [0.25, 0.3) is 0 Å². The third-order valence-electron chi connectivity index (χ3n) is 5.96. The molecule has 0 saturated carbocycles. The van der Waals surface area contributed by atoms with Crippen molar-refractivity contribution in [2.75, 3.05) is 26.2 Å². The Morgan fingerprint density at radius 2 is 1.80 bits per heavy atom. The van der Waals surface area contributed by atoms with Gasteiger partial charge in [-0.15, -0.1) is 0 Å². The number of aromatic nitrogens is 2. The van der Waals surface area contributed by atoms with Crippen molar-refractivity contribution in [3.8, 4) is 0 Å². The lowest BCUT2D eigenvalue weighted by molar-refractivity contribution is -0.132. The second kappa shape index (κ2) is 7.56. The summed E-state index contributed by atoms with van der Waals surface area (Å²) in [6.45, 7) is 4.21. The molecule has 2 fully saturated rings. The van der Waals surface area contributed by atoms with Crippen LogP contribution in [0.2, 0.25) is 0 Å². The molecule has 2 aromatic rings. The Labute approximate surface area is 149 Å². The van der Waals surface area contributed by atoms with E-state index < -0.39 is 0 Å². The fourth-order valence-electron chi connectivity index (χ4n) is 4.44. The van der Waals surface area contributed by atoms with E-state index in [1.165, 1.54) is 38.8 Å². The zero-order valence-electron chi connectivity index (χ0n) is 14.8. The first kappa shape index (κ1) is 16.6. The van der Waals surface area contributed by atoms with E-state index in [1.807, 2.05) is 24.3 Å². The number of aryl methyl sites for hydroxylation is 1. The zero-order valence-corrected chi connectivity index (χ0v) is 14.8. The second-order valence-electron chi connectivity index (χ2n) is 7.51. The van der Waals surface area contributed by atoms with E-state index in [9.17, 15) is 4.79 Å². The summed E-state index contributed by atoms with van der Waals surface area (Å²) in [6, 6.07) is 8.02. The lowest BCUT2D eigenvalue weighted by atomic mass is 9.79. The van der Waals surface area contributed by atoms with E-state index in [0.29, 0.717) is 12.8 Å². The van der Waals surface area contributed by atoms with Crippen molar-refractivity contribution in [3.05, 3.63) is 30.1 Å². The summed E-state index contributed by atoms with van der Waals surface area (Å²) >= 11 is 0. The molecule has 0 atom stereocenters. The number of nitrogens with zero attached hydrogens (tertiary/aromatic N) is 2. The molecule has 3 heterocycles. The van der Waals surface area contributed by atoms with Gasteiger partial charge in [0.2, 0.25) is 5.91 Å². The van der Waals surface area contributed by atoms with Gasteiger partial charge in [-0.2, -0.15) is 0 Å². The number of imidazole rings is 1. The summed E-state index contributed by atoms with van der Waals surface area (Å²) in [4.78, 5) is 22.5. The van der Waals surface area contributed by atoms with Crippen LogP contribution in [-0.2, 0) is 11.2 Å². The topological polar surface area (TPSA) is 61.0 Å². The minimum Gasteiger partial charge on any atom is -0.343 e. The smallest absolute Gasteiger partial charge is 0.223 e. The number of amides is 1. The maximum absolute atomic E-state index is 12.5. The molecule has 0 bridgehead atoms. The molecule has 4 rings (SSSR count). The normalized spacial score (nSPS) is 20.2. The lowest BCUT2D eigenvalue weighted by Crippen LogP contribution is -2.42. The van der Waals surface area contributed by atoms with Crippen molar-refractivity contribution in [2.45, 2.75) is 38.5 Å². The number of carbonyl (C=O) groups is 1. The predicted molar refractivity (Wildman–Crippen MR) is 99.3 cm³/mol. The van der Waals surface area contributed by atoms with Crippen molar-refractivity contribution < 1.29 is 4.79 Å². The van der Waals surface area contributed by atoms with Gasteiger partial charge in [0.15, 0.2) is 0 Å². The molecule has 5 heteroatoms. The maximum Gasteiger partial charge on any atom is 0.223 e. The first-order valence-electron chi connectivity index (χ1n) is 9.72. The Balaban J connectivity index is 1.26. The molecule has 134 valence electrons. The Morgan fingerprint density at radius 1 is 1.08 bits per heavy atom. The Kier molecular flexibility index (Phi) is 5.02. The molecule has 25 heavy (non-hydrogen) atoms. The van der Waals surface area contributed by atoms with Crippen LogP contribution < -0.4 is 5.32 Å². The molecule has 2 saturated heterocycles. The molecule has 2 N–H and O–H groups in total. The molecule has 2 aliphatic heterocycles. The van der Waals surface area contributed by atoms with Gasteiger partial charge in [0, 0.05) is 25.9 Å². The van der Waals surface area contributed by atoms with E-state index in [1.54, 1.807) is 0 Å². The molecular weight excluding hydrogens is 312 g/mol. The number of H-pyrrole nitrogens is 1. The van der Waals surface area contributed by atoms with E-state index in [4.69, 9.17) is 0 Å². The van der Waals surface area contributed by atoms with E-state index in [-0.39, 0.29) is 5.91 Å². The highest BCUT2D eigenvalue weighted by molar-refractivity contribution is 5.77.